The molecule has 0 unspecified atom stereocenters. The molecule has 0 atom stereocenters. The second-order valence-electron chi connectivity index (χ2n) is 4.71. The minimum Gasteiger partial charge on any atom is -0.497 e. The predicted molar refractivity (Wildman–Crippen MR) is 58.2 cm³/mol. The van der Waals surface area contributed by atoms with Crippen molar-refractivity contribution in [2.75, 3.05) is 6.61 Å². The lowest BCUT2D eigenvalue weighted by Gasteiger charge is -2.30. The molecule has 3 heteroatoms. The molecule has 0 radical (unpaired) electrons. The molecule has 0 amide bonds. The van der Waals surface area contributed by atoms with Gasteiger partial charge in [0.25, 0.3) is 0 Å². The van der Waals surface area contributed by atoms with Crippen LogP contribution < -0.4 is 0 Å². The van der Waals surface area contributed by atoms with Crippen LogP contribution in [0.1, 0.15) is 13.3 Å². The minimum atomic E-state index is -1.07. The summed E-state index contributed by atoms with van der Waals surface area (Å²) in [4.78, 5) is 0. The summed E-state index contributed by atoms with van der Waals surface area (Å²) < 4.78 is 7.58. The SMILES string of the molecule is CC1=[C]([Si](C)(C)C)[Al]([CH3])[O]CC1. The first-order valence-electron chi connectivity index (χ1n) is 4.74. The van der Waals surface area contributed by atoms with Crippen LogP contribution in [0.4, 0.5) is 0 Å². The molecule has 1 aliphatic rings. The van der Waals surface area contributed by atoms with Gasteiger partial charge in [-0.3, -0.25) is 0 Å². The van der Waals surface area contributed by atoms with Crippen molar-refractivity contribution in [1.82, 2.24) is 0 Å². The second kappa shape index (κ2) is 3.67. The van der Waals surface area contributed by atoms with Crippen molar-refractivity contribution in [2.24, 2.45) is 0 Å². The largest absolute Gasteiger partial charge is 0.497 e. The third-order valence-electron chi connectivity index (χ3n) is 2.52. The van der Waals surface area contributed by atoms with Gasteiger partial charge in [0.2, 0.25) is 0 Å². The molecule has 68 valence electrons. The molecule has 0 saturated heterocycles. The van der Waals surface area contributed by atoms with E-state index in [9.17, 15) is 0 Å². The number of rotatable bonds is 1. The Bertz CT molecular complexity index is 205. The van der Waals surface area contributed by atoms with Crippen molar-refractivity contribution in [1.29, 1.82) is 0 Å². The molecule has 12 heavy (non-hydrogen) atoms. The zero-order valence-electron chi connectivity index (χ0n) is 8.90. The lowest BCUT2D eigenvalue weighted by atomic mass is 10.2. The Morgan fingerprint density at radius 1 is 1.33 bits per heavy atom. The zero-order chi connectivity index (χ0) is 9.35. The van der Waals surface area contributed by atoms with E-state index in [0.717, 1.165) is 6.61 Å². The van der Waals surface area contributed by atoms with Crippen LogP contribution in [0.15, 0.2) is 9.63 Å². The van der Waals surface area contributed by atoms with Gasteiger partial charge in [-0.15, -0.1) is 4.06 Å². The number of hydrogen-bond acceptors (Lipinski definition) is 1. The fraction of sp³-hybridized carbons (Fsp3) is 0.778. The quantitative estimate of drug-likeness (QED) is 0.589. The Morgan fingerprint density at radius 2 is 1.92 bits per heavy atom. The second-order valence-corrected chi connectivity index (χ2v) is 12.5. The van der Waals surface area contributed by atoms with E-state index in [2.05, 4.69) is 32.4 Å². The van der Waals surface area contributed by atoms with Crippen molar-refractivity contribution < 1.29 is 3.79 Å². The van der Waals surface area contributed by atoms with Crippen LogP contribution in [0, 0.1) is 0 Å². The monoisotopic (exact) mass is 198 g/mol. The van der Waals surface area contributed by atoms with Crippen molar-refractivity contribution >= 4 is 22.6 Å². The summed E-state index contributed by atoms with van der Waals surface area (Å²) in [5, 5.41) is 0. The lowest BCUT2D eigenvalue weighted by molar-refractivity contribution is 0.324. The first kappa shape index (κ1) is 10.5. The highest BCUT2D eigenvalue weighted by Gasteiger charge is 2.34. The molecule has 0 aliphatic carbocycles. The maximum atomic E-state index is 5.80. The van der Waals surface area contributed by atoms with Gasteiger partial charge in [0.05, 0.1) is 8.07 Å². The maximum absolute atomic E-state index is 5.80. The molecular formula is C9H19AlOSi. The van der Waals surface area contributed by atoms with Gasteiger partial charge >= 0.3 is 14.5 Å². The molecule has 1 heterocycles. The third kappa shape index (κ3) is 2.23. The van der Waals surface area contributed by atoms with Gasteiger partial charge in [-0.05, 0) is 13.3 Å². The van der Waals surface area contributed by atoms with E-state index in [4.69, 9.17) is 3.79 Å². The van der Waals surface area contributed by atoms with E-state index in [0.29, 0.717) is 0 Å². The molecule has 1 aliphatic heterocycles. The lowest BCUT2D eigenvalue weighted by Crippen LogP contribution is -2.39. The Kier molecular flexibility index (Phi) is 3.22. The van der Waals surface area contributed by atoms with E-state index in [1.54, 1.807) is 9.63 Å². The molecule has 0 bridgehead atoms. The Balaban J connectivity index is 2.96. The minimum absolute atomic E-state index is 0.951. The summed E-state index contributed by atoms with van der Waals surface area (Å²) in [5.41, 5.74) is 1.65. The molecule has 0 N–H and O–H groups in total. The van der Waals surface area contributed by atoms with Crippen molar-refractivity contribution in [3.05, 3.63) is 9.63 Å². The molecule has 0 spiro atoms. The van der Waals surface area contributed by atoms with Crippen molar-refractivity contribution in [2.45, 2.75) is 38.8 Å². The Labute approximate surface area is 81.5 Å². The topological polar surface area (TPSA) is 9.23 Å². The van der Waals surface area contributed by atoms with Crippen LogP contribution in [0.3, 0.4) is 0 Å². The molecular weight excluding hydrogens is 179 g/mol. The van der Waals surface area contributed by atoms with E-state index < -0.39 is 22.6 Å². The summed E-state index contributed by atoms with van der Waals surface area (Å²) in [6.45, 7) is 10.6. The van der Waals surface area contributed by atoms with Gasteiger partial charge in [-0.1, -0.05) is 31.0 Å². The summed E-state index contributed by atoms with van der Waals surface area (Å²) in [5.74, 6) is 2.33. The maximum Gasteiger partial charge on any atom is 0.490 e. The van der Waals surface area contributed by atoms with Gasteiger partial charge in [-0.2, -0.15) is 0 Å². The van der Waals surface area contributed by atoms with E-state index in [1.165, 1.54) is 6.42 Å². The highest BCUT2D eigenvalue weighted by atomic mass is 28.3. The fourth-order valence-electron chi connectivity index (χ4n) is 2.20. The molecule has 0 saturated carbocycles. The van der Waals surface area contributed by atoms with E-state index in [1.807, 2.05) is 0 Å². The highest BCUT2D eigenvalue weighted by Crippen LogP contribution is 2.26. The summed E-state index contributed by atoms with van der Waals surface area (Å²) in [6.07, 6.45) is 1.18. The number of hydrogen-bond donors (Lipinski definition) is 0. The van der Waals surface area contributed by atoms with Crippen LogP contribution in [0.2, 0.25) is 25.4 Å². The van der Waals surface area contributed by atoms with Crippen LogP contribution in [-0.4, -0.2) is 29.2 Å². The van der Waals surface area contributed by atoms with Crippen LogP contribution >= 0.6 is 0 Å². The van der Waals surface area contributed by atoms with E-state index in [-0.39, 0.29) is 0 Å². The normalized spacial score (nSPS) is 20.2. The average Bonchev–Trinajstić information content (AvgIpc) is 1.82. The summed E-state index contributed by atoms with van der Waals surface area (Å²) >= 11 is -0.951. The smallest absolute Gasteiger partial charge is 0.490 e. The molecule has 0 aromatic rings. The Morgan fingerprint density at radius 3 is 2.25 bits per heavy atom. The summed E-state index contributed by atoms with van der Waals surface area (Å²) in [7, 11) is -1.07. The highest BCUT2D eigenvalue weighted by molar-refractivity contribution is 6.96. The van der Waals surface area contributed by atoms with Gasteiger partial charge in [0.15, 0.2) is 0 Å². The molecule has 1 nitrogen and oxygen atoms in total. The zero-order valence-corrected chi connectivity index (χ0v) is 11.1. The molecule has 0 aromatic carbocycles. The van der Waals surface area contributed by atoms with Crippen molar-refractivity contribution in [3.63, 3.8) is 0 Å². The van der Waals surface area contributed by atoms with Crippen molar-refractivity contribution in [3.8, 4) is 0 Å². The molecule has 0 aromatic heterocycles. The van der Waals surface area contributed by atoms with Crippen LogP contribution in [0.5, 0.6) is 0 Å². The van der Waals surface area contributed by atoms with Gasteiger partial charge in [0, 0.05) is 6.61 Å². The predicted octanol–water partition coefficient (Wildman–Crippen LogP) is 2.76. The third-order valence-corrected chi connectivity index (χ3v) is 10.4. The first-order chi connectivity index (χ1) is 5.43. The van der Waals surface area contributed by atoms with Crippen LogP contribution in [0.25, 0.3) is 0 Å². The van der Waals surface area contributed by atoms with Crippen LogP contribution in [-0.2, 0) is 3.79 Å². The summed E-state index contributed by atoms with van der Waals surface area (Å²) in [6, 6.07) is 0. The molecule has 0 fully saturated rings. The Hall–Kier alpha value is 0.449. The van der Waals surface area contributed by atoms with Gasteiger partial charge in [-0.25, -0.2) is 0 Å². The standard InChI is InChI=1S/C8H16OSi.CH3.Al/c1-8(5-6-9)7-10(2,3)4;;/h5-6H2,1-4H3;1H3;/q-1;;+1. The molecule has 1 rings (SSSR count). The van der Waals surface area contributed by atoms with E-state index >= 15 is 0 Å². The van der Waals surface area contributed by atoms with Gasteiger partial charge in [0.1, 0.15) is 0 Å². The first-order valence-corrected chi connectivity index (χ1v) is 10.4. The average molecular weight is 198 g/mol. The fourth-order valence-corrected chi connectivity index (χ4v) is 10.2. The van der Waals surface area contributed by atoms with Gasteiger partial charge < -0.3 is 3.79 Å².